The lowest BCUT2D eigenvalue weighted by molar-refractivity contribution is -0.116. The molecule has 2 aromatic rings. The smallest absolute Gasteiger partial charge is 0.225 e. The molecule has 23 heavy (non-hydrogen) atoms. The summed E-state index contributed by atoms with van der Waals surface area (Å²) in [4.78, 5) is 20.7. The van der Waals surface area contributed by atoms with Gasteiger partial charge in [-0.2, -0.15) is 0 Å². The van der Waals surface area contributed by atoms with Gasteiger partial charge in [0.1, 0.15) is 5.82 Å². The molecule has 1 aromatic carbocycles. The maximum absolute atomic E-state index is 12.0. The van der Waals surface area contributed by atoms with Crippen molar-refractivity contribution in [3.63, 3.8) is 0 Å². The SMILES string of the molecule is CCCc1ncc([C@H]2CC(=O)Nc3cc(O)c(OC)cc32)cn1. The zero-order valence-corrected chi connectivity index (χ0v) is 13.2. The summed E-state index contributed by atoms with van der Waals surface area (Å²) in [7, 11) is 1.50. The Hall–Kier alpha value is -2.63. The van der Waals surface area contributed by atoms with Crippen LogP contribution in [0.5, 0.6) is 11.5 Å². The van der Waals surface area contributed by atoms with E-state index in [9.17, 15) is 9.90 Å². The Balaban J connectivity index is 2.02. The minimum absolute atomic E-state index is 0.00161. The van der Waals surface area contributed by atoms with Gasteiger partial charge in [-0.05, 0) is 23.6 Å². The Morgan fingerprint density at radius 3 is 2.74 bits per heavy atom. The quantitative estimate of drug-likeness (QED) is 0.906. The maximum Gasteiger partial charge on any atom is 0.225 e. The highest BCUT2D eigenvalue weighted by molar-refractivity contribution is 5.95. The lowest BCUT2D eigenvalue weighted by Crippen LogP contribution is -2.23. The zero-order chi connectivity index (χ0) is 16.4. The van der Waals surface area contributed by atoms with Gasteiger partial charge in [0.15, 0.2) is 11.5 Å². The van der Waals surface area contributed by atoms with Crippen molar-refractivity contribution in [2.24, 2.45) is 0 Å². The van der Waals surface area contributed by atoms with Gasteiger partial charge >= 0.3 is 0 Å². The molecule has 6 nitrogen and oxygen atoms in total. The van der Waals surface area contributed by atoms with Gasteiger partial charge in [0.2, 0.25) is 5.91 Å². The number of rotatable bonds is 4. The zero-order valence-electron chi connectivity index (χ0n) is 13.2. The number of ether oxygens (including phenoxy) is 1. The van der Waals surface area contributed by atoms with Gasteiger partial charge in [-0.3, -0.25) is 4.79 Å². The van der Waals surface area contributed by atoms with Crippen LogP contribution in [0, 0.1) is 0 Å². The van der Waals surface area contributed by atoms with Crippen LogP contribution in [0.3, 0.4) is 0 Å². The van der Waals surface area contributed by atoms with Gasteiger partial charge in [-0.1, -0.05) is 6.92 Å². The summed E-state index contributed by atoms with van der Waals surface area (Å²) in [6, 6.07) is 3.28. The number of benzene rings is 1. The second-order valence-electron chi connectivity index (χ2n) is 5.60. The van der Waals surface area contributed by atoms with Crippen LogP contribution in [0.2, 0.25) is 0 Å². The molecule has 1 amide bonds. The molecule has 1 atom stereocenters. The summed E-state index contributed by atoms with van der Waals surface area (Å²) in [5.41, 5.74) is 2.38. The highest BCUT2D eigenvalue weighted by atomic mass is 16.5. The first kappa shape index (κ1) is 15.3. The lowest BCUT2D eigenvalue weighted by Gasteiger charge is -2.26. The molecule has 6 heteroatoms. The summed E-state index contributed by atoms with van der Waals surface area (Å²) in [6.07, 6.45) is 5.71. The molecule has 120 valence electrons. The van der Waals surface area contributed by atoms with Crippen LogP contribution in [-0.4, -0.2) is 28.1 Å². The molecule has 3 rings (SSSR count). The van der Waals surface area contributed by atoms with Gasteiger partial charge in [0.05, 0.1) is 7.11 Å². The third-order valence-corrected chi connectivity index (χ3v) is 3.99. The van der Waals surface area contributed by atoms with Crippen molar-refractivity contribution in [1.82, 2.24) is 9.97 Å². The van der Waals surface area contributed by atoms with Gasteiger partial charge in [0, 0.05) is 42.9 Å². The molecule has 0 fully saturated rings. The van der Waals surface area contributed by atoms with E-state index in [2.05, 4.69) is 22.2 Å². The number of carbonyl (C=O) groups is 1. The Morgan fingerprint density at radius 2 is 2.09 bits per heavy atom. The van der Waals surface area contributed by atoms with E-state index < -0.39 is 0 Å². The topological polar surface area (TPSA) is 84.3 Å². The van der Waals surface area contributed by atoms with Crippen molar-refractivity contribution in [3.05, 3.63) is 41.5 Å². The summed E-state index contributed by atoms with van der Waals surface area (Å²) < 4.78 is 5.18. The number of aryl methyl sites for hydroxylation is 1. The second-order valence-corrected chi connectivity index (χ2v) is 5.60. The number of hydrogen-bond acceptors (Lipinski definition) is 5. The third kappa shape index (κ3) is 2.97. The Kier molecular flexibility index (Phi) is 4.14. The Bertz CT molecular complexity index is 729. The molecule has 0 saturated carbocycles. The van der Waals surface area contributed by atoms with Crippen LogP contribution in [0.4, 0.5) is 5.69 Å². The van der Waals surface area contributed by atoms with Crippen molar-refractivity contribution < 1.29 is 14.6 Å². The fourth-order valence-corrected chi connectivity index (χ4v) is 2.84. The predicted octanol–water partition coefficient (Wildman–Crippen LogP) is 2.62. The molecule has 2 N–H and O–H groups in total. The Morgan fingerprint density at radius 1 is 1.35 bits per heavy atom. The number of nitrogens with zero attached hydrogens (tertiary/aromatic N) is 2. The van der Waals surface area contributed by atoms with Crippen LogP contribution < -0.4 is 10.1 Å². The van der Waals surface area contributed by atoms with Gasteiger partial charge in [-0.15, -0.1) is 0 Å². The van der Waals surface area contributed by atoms with Crippen molar-refractivity contribution in [3.8, 4) is 11.5 Å². The maximum atomic E-state index is 12.0. The molecule has 0 spiro atoms. The normalized spacial score (nSPS) is 16.6. The molecule has 1 aliphatic heterocycles. The minimum atomic E-state index is -0.149. The molecule has 2 heterocycles. The average molecular weight is 313 g/mol. The van der Waals surface area contributed by atoms with E-state index in [0.29, 0.717) is 17.9 Å². The number of amides is 1. The average Bonchev–Trinajstić information content (AvgIpc) is 2.54. The van der Waals surface area contributed by atoms with E-state index in [1.54, 1.807) is 18.5 Å². The molecule has 0 unspecified atom stereocenters. The van der Waals surface area contributed by atoms with E-state index >= 15 is 0 Å². The number of methoxy groups -OCH3 is 1. The highest BCUT2D eigenvalue weighted by Crippen LogP contribution is 2.42. The molecule has 0 saturated heterocycles. The fraction of sp³-hybridized carbons (Fsp3) is 0.353. The molecule has 1 aliphatic rings. The van der Waals surface area contributed by atoms with E-state index in [-0.39, 0.29) is 17.6 Å². The number of aromatic hydroxyl groups is 1. The number of phenolic OH excluding ortho intramolecular Hbond substituents is 1. The minimum Gasteiger partial charge on any atom is -0.504 e. The number of nitrogens with one attached hydrogen (secondary N) is 1. The van der Waals surface area contributed by atoms with Gasteiger partial charge in [-0.25, -0.2) is 9.97 Å². The number of fused-ring (bicyclic) bond motifs is 1. The Labute approximate surface area is 134 Å². The van der Waals surface area contributed by atoms with Crippen molar-refractivity contribution in [1.29, 1.82) is 0 Å². The number of anilines is 1. The van der Waals surface area contributed by atoms with Crippen molar-refractivity contribution >= 4 is 11.6 Å². The monoisotopic (exact) mass is 313 g/mol. The first-order valence-electron chi connectivity index (χ1n) is 7.64. The lowest BCUT2D eigenvalue weighted by atomic mass is 9.86. The molecule has 0 radical (unpaired) electrons. The largest absolute Gasteiger partial charge is 0.504 e. The van der Waals surface area contributed by atoms with E-state index in [1.165, 1.54) is 13.2 Å². The highest BCUT2D eigenvalue weighted by Gasteiger charge is 2.28. The van der Waals surface area contributed by atoms with E-state index in [0.717, 1.165) is 29.8 Å². The predicted molar refractivity (Wildman–Crippen MR) is 85.8 cm³/mol. The summed E-state index contributed by atoms with van der Waals surface area (Å²) in [5, 5.41) is 12.7. The van der Waals surface area contributed by atoms with Crippen LogP contribution >= 0.6 is 0 Å². The van der Waals surface area contributed by atoms with Crippen molar-refractivity contribution in [2.45, 2.75) is 32.1 Å². The number of phenols is 1. The molecule has 1 aromatic heterocycles. The van der Waals surface area contributed by atoms with Crippen LogP contribution in [0.1, 0.15) is 42.6 Å². The second kappa shape index (κ2) is 6.24. The summed E-state index contributed by atoms with van der Waals surface area (Å²) in [6.45, 7) is 2.08. The molecule has 0 bridgehead atoms. The van der Waals surface area contributed by atoms with E-state index in [4.69, 9.17) is 4.74 Å². The molecule has 0 aliphatic carbocycles. The standard InChI is InChI=1S/C17H19N3O3/c1-3-4-16-18-8-10(9-19-16)11-6-17(22)20-13-7-14(21)15(23-2)5-12(11)13/h5,7-9,11,21H,3-4,6H2,1-2H3,(H,20,22)/t11-/m1/s1. The summed E-state index contributed by atoms with van der Waals surface area (Å²) >= 11 is 0. The number of hydrogen-bond donors (Lipinski definition) is 2. The van der Waals surface area contributed by atoms with Crippen molar-refractivity contribution in [2.75, 3.05) is 12.4 Å². The molecular weight excluding hydrogens is 294 g/mol. The first-order valence-corrected chi connectivity index (χ1v) is 7.64. The fourth-order valence-electron chi connectivity index (χ4n) is 2.84. The number of aromatic nitrogens is 2. The summed E-state index contributed by atoms with van der Waals surface area (Å²) in [5.74, 6) is 0.948. The number of carbonyl (C=O) groups excluding carboxylic acids is 1. The van der Waals surface area contributed by atoms with Crippen LogP contribution in [0.15, 0.2) is 24.5 Å². The van der Waals surface area contributed by atoms with Crippen LogP contribution in [0.25, 0.3) is 0 Å². The van der Waals surface area contributed by atoms with Gasteiger partial charge in [0.25, 0.3) is 0 Å². The third-order valence-electron chi connectivity index (χ3n) is 3.99. The first-order chi connectivity index (χ1) is 11.1. The van der Waals surface area contributed by atoms with Gasteiger partial charge < -0.3 is 15.2 Å². The van der Waals surface area contributed by atoms with E-state index in [1.807, 2.05) is 0 Å². The molecular formula is C17H19N3O3. The van der Waals surface area contributed by atoms with Crippen LogP contribution in [-0.2, 0) is 11.2 Å².